The van der Waals surface area contributed by atoms with Crippen molar-refractivity contribution in [2.45, 2.75) is 70.7 Å². The zero-order valence-corrected chi connectivity index (χ0v) is 28.5. The van der Waals surface area contributed by atoms with Crippen LogP contribution in [0.25, 0.3) is 0 Å². The Bertz CT molecular complexity index is 1560. The summed E-state index contributed by atoms with van der Waals surface area (Å²) in [6.07, 6.45) is 5.60. The normalized spacial score (nSPS) is 21.2. The minimum absolute atomic E-state index is 0.0430. The third-order valence-corrected chi connectivity index (χ3v) is 10.1. The summed E-state index contributed by atoms with van der Waals surface area (Å²) in [7, 11) is 0. The lowest BCUT2D eigenvalue weighted by atomic mass is 9.80. The van der Waals surface area contributed by atoms with Crippen molar-refractivity contribution in [3.05, 3.63) is 86.0 Å². The first-order valence-electron chi connectivity index (χ1n) is 16.0. The first-order chi connectivity index (χ1) is 22.2. The van der Waals surface area contributed by atoms with Gasteiger partial charge in [0.2, 0.25) is 11.8 Å². The van der Waals surface area contributed by atoms with Crippen molar-refractivity contribution in [1.29, 1.82) is 0 Å². The molecule has 2 saturated heterocycles. The molecule has 0 unspecified atom stereocenters. The summed E-state index contributed by atoms with van der Waals surface area (Å²) >= 11 is 19.5. The van der Waals surface area contributed by atoms with Crippen molar-refractivity contribution in [2.24, 2.45) is 5.92 Å². The number of amides is 2. The number of ether oxygens (including phenoxy) is 1. The molecule has 3 heterocycles. The number of hydrogen-bond donors (Lipinski definition) is 2. The highest BCUT2D eigenvalue weighted by Gasteiger charge is 2.40. The van der Waals surface area contributed by atoms with Gasteiger partial charge in [-0.3, -0.25) is 9.59 Å². The summed E-state index contributed by atoms with van der Waals surface area (Å²) in [4.78, 5) is 34.8. The molecule has 6 rings (SSSR count). The fourth-order valence-electron chi connectivity index (χ4n) is 6.57. The summed E-state index contributed by atoms with van der Waals surface area (Å²) in [6.45, 7) is 7.31. The number of nitrogens with zero attached hydrogens (tertiary/aromatic N) is 3. The number of benzene rings is 2. The lowest BCUT2D eigenvalue weighted by Gasteiger charge is -2.36. The largest absolute Gasteiger partial charge is 0.485 e. The summed E-state index contributed by atoms with van der Waals surface area (Å²) in [5.41, 5.74) is 3.93. The van der Waals surface area contributed by atoms with Crippen LogP contribution in [0.5, 0.6) is 5.75 Å². The molecule has 2 aromatic carbocycles. The van der Waals surface area contributed by atoms with E-state index in [0.717, 1.165) is 66.8 Å². The zero-order chi connectivity index (χ0) is 32.4. The number of hydrogen-bond acceptors (Lipinski definition) is 6. The third-order valence-electron chi connectivity index (χ3n) is 9.16. The first kappa shape index (κ1) is 32.9. The second-order valence-electron chi connectivity index (χ2n) is 12.7. The van der Waals surface area contributed by atoms with Gasteiger partial charge in [0.1, 0.15) is 11.9 Å². The quantitative estimate of drug-likeness (QED) is 0.253. The van der Waals surface area contributed by atoms with E-state index in [-0.39, 0.29) is 35.8 Å². The van der Waals surface area contributed by atoms with Gasteiger partial charge in [0.25, 0.3) is 0 Å². The Labute approximate surface area is 285 Å². The number of aryl methyl sites for hydroxylation is 1. The summed E-state index contributed by atoms with van der Waals surface area (Å²) < 4.78 is 6.22. The van der Waals surface area contributed by atoms with Gasteiger partial charge in [-0.1, -0.05) is 53.0 Å². The van der Waals surface area contributed by atoms with Crippen LogP contribution in [0, 0.1) is 12.8 Å². The molecule has 3 aliphatic rings. The minimum Gasteiger partial charge on any atom is -0.485 e. The predicted molar refractivity (Wildman–Crippen MR) is 183 cm³/mol. The molecule has 0 bridgehead atoms. The molecule has 3 fully saturated rings. The fraction of sp³-hybridized carbons (Fsp3) is 0.457. The topological polar surface area (TPSA) is 86.8 Å². The van der Waals surface area contributed by atoms with Gasteiger partial charge in [-0.2, -0.15) is 0 Å². The van der Waals surface area contributed by atoms with E-state index in [2.05, 4.69) is 27.7 Å². The first-order valence-corrected chi connectivity index (χ1v) is 17.2. The van der Waals surface area contributed by atoms with Crippen molar-refractivity contribution in [1.82, 2.24) is 20.5 Å². The molecular weight excluding hydrogens is 645 g/mol. The smallest absolute Gasteiger partial charge is 0.228 e. The number of piperidine rings is 1. The summed E-state index contributed by atoms with van der Waals surface area (Å²) in [5.74, 6) is 1.36. The SMILES string of the molecule is CC(=O)NCc1ccc(Cl)c(CN(C(=O)[C@H]2CNCC[C@@H]2c2ccc(N3CC[C@@H](Oc4c(Cl)cc(C)cc4Cl)C3)nc2)C2CC2)c1. The molecule has 1 aliphatic carbocycles. The van der Waals surface area contributed by atoms with Crippen molar-refractivity contribution in [3.63, 3.8) is 0 Å². The van der Waals surface area contributed by atoms with E-state index in [9.17, 15) is 9.59 Å². The van der Waals surface area contributed by atoms with Crippen LogP contribution >= 0.6 is 34.8 Å². The van der Waals surface area contributed by atoms with Crippen LogP contribution in [-0.2, 0) is 22.7 Å². The number of aromatic nitrogens is 1. The number of carbonyl (C=O) groups excluding carboxylic acids is 2. The maximum atomic E-state index is 14.2. The van der Waals surface area contributed by atoms with E-state index in [1.54, 1.807) is 0 Å². The zero-order valence-electron chi connectivity index (χ0n) is 26.2. The van der Waals surface area contributed by atoms with Gasteiger partial charge in [-0.15, -0.1) is 0 Å². The molecule has 3 atom stereocenters. The Morgan fingerprint density at radius 1 is 1.04 bits per heavy atom. The van der Waals surface area contributed by atoms with Gasteiger partial charge in [-0.05, 0) is 85.2 Å². The average molecular weight is 685 g/mol. The van der Waals surface area contributed by atoms with E-state index >= 15 is 0 Å². The minimum atomic E-state index is -0.197. The molecule has 244 valence electrons. The molecule has 46 heavy (non-hydrogen) atoms. The molecule has 0 spiro atoms. The standard InChI is InChI=1S/C35H40Cl3N5O3/c1-21-13-31(37)34(32(38)14-21)46-27-10-12-42(20-27)33-8-4-24(17-41-33)28-9-11-39-18-29(28)35(45)43(26-5-6-26)19-25-15-23(3-7-30(25)36)16-40-22(2)44/h3-4,7-8,13-15,17,26-29,39H,5-6,9-12,16,18-20H2,1-2H3,(H,40,44)/t27-,28-,29+/m1/s1. The van der Waals surface area contributed by atoms with Crippen LogP contribution in [0.2, 0.25) is 15.1 Å². The van der Waals surface area contributed by atoms with E-state index in [0.29, 0.717) is 47.0 Å². The fourth-order valence-corrected chi connectivity index (χ4v) is 7.44. The van der Waals surface area contributed by atoms with Gasteiger partial charge < -0.3 is 25.2 Å². The molecule has 0 radical (unpaired) electrons. The van der Waals surface area contributed by atoms with Crippen molar-refractivity contribution in [2.75, 3.05) is 31.1 Å². The maximum Gasteiger partial charge on any atom is 0.228 e. The van der Waals surface area contributed by atoms with Crippen LogP contribution < -0.4 is 20.3 Å². The highest BCUT2D eigenvalue weighted by molar-refractivity contribution is 6.37. The Balaban J connectivity index is 1.13. The highest BCUT2D eigenvalue weighted by atomic mass is 35.5. The van der Waals surface area contributed by atoms with Crippen LogP contribution in [0.1, 0.15) is 60.8 Å². The average Bonchev–Trinajstić information content (AvgIpc) is 3.78. The van der Waals surface area contributed by atoms with Gasteiger partial charge >= 0.3 is 0 Å². The van der Waals surface area contributed by atoms with Crippen molar-refractivity contribution >= 4 is 52.4 Å². The molecule has 2 amide bonds. The number of halogens is 3. The Kier molecular flexibility index (Phi) is 10.3. The second kappa shape index (κ2) is 14.4. The highest BCUT2D eigenvalue weighted by Crippen LogP contribution is 2.38. The van der Waals surface area contributed by atoms with E-state index in [1.165, 1.54) is 6.92 Å². The molecule has 11 heteroatoms. The Morgan fingerprint density at radius 3 is 2.52 bits per heavy atom. The van der Waals surface area contributed by atoms with Crippen LogP contribution in [0.15, 0.2) is 48.7 Å². The molecule has 1 aromatic heterocycles. The monoisotopic (exact) mass is 683 g/mol. The maximum absolute atomic E-state index is 14.2. The summed E-state index contributed by atoms with van der Waals surface area (Å²) in [5, 5.41) is 7.97. The van der Waals surface area contributed by atoms with Gasteiger partial charge in [0.05, 0.1) is 22.5 Å². The predicted octanol–water partition coefficient (Wildman–Crippen LogP) is 6.53. The van der Waals surface area contributed by atoms with Crippen LogP contribution in [-0.4, -0.2) is 60.0 Å². The van der Waals surface area contributed by atoms with Crippen molar-refractivity contribution in [3.8, 4) is 5.75 Å². The summed E-state index contributed by atoms with van der Waals surface area (Å²) in [6, 6.07) is 13.9. The molecule has 2 N–H and O–H groups in total. The number of anilines is 1. The van der Waals surface area contributed by atoms with Crippen LogP contribution in [0.3, 0.4) is 0 Å². The molecular formula is C35H40Cl3N5O3. The number of pyridine rings is 1. The van der Waals surface area contributed by atoms with Gasteiger partial charge in [0.15, 0.2) is 5.75 Å². The molecule has 2 aliphatic heterocycles. The van der Waals surface area contributed by atoms with E-state index < -0.39 is 0 Å². The number of carbonyl (C=O) groups is 2. The molecule has 1 saturated carbocycles. The number of rotatable bonds is 10. The lowest BCUT2D eigenvalue weighted by Crippen LogP contribution is -2.47. The van der Waals surface area contributed by atoms with Gasteiger partial charge in [0, 0.05) is 56.8 Å². The van der Waals surface area contributed by atoms with Crippen LogP contribution in [0.4, 0.5) is 5.82 Å². The Hall–Kier alpha value is -3.04. The molecule has 3 aromatic rings. The van der Waals surface area contributed by atoms with Gasteiger partial charge in [-0.25, -0.2) is 4.98 Å². The van der Waals surface area contributed by atoms with E-state index in [1.807, 2.05) is 48.4 Å². The lowest BCUT2D eigenvalue weighted by molar-refractivity contribution is -0.138. The second-order valence-corrected chi connectivity index (χ2v) is 13.9. The van der Waals surface area contributed by atoms with E-state index in [4.69, 9.17) is 44.5 Å². The molecule has 8 nitrogen and oxygen atoms in total. The Morgan fingerprint density at radius 2 is 1.83 bits per heavy atom. The van der Waals surface area contributed by atoms with Crippen molar-refractivity contribution < 1.29 is 14.3 Å². The third kappa shape index (κ3) is 7.73. The number of nitrogens with one attached hydrogen (secondary N) is 2.